The van der Waals surface area contributed by atoms with Crippen LogP contribution in [0.4, 0.5) is 8.78 Å². The first-order valence-electron chi connectivity index (χ1n) is 13.0. The van der Waals surface area contributed by atoms with Gasteiger partial charge in [-0.3, -0.25) is 4.90 Å². The van der Waals surface area contributed by atoms with E-state index in [0.29, 0.717) is 0 Å². The molecule has 0 aliphatic carbocycles. The van der Waals surface area contributed by atoms with Crippen molar-refractivity contribution in [3.05, 3.63) is 96.6 Å². The van der Waals surface area contributed by atoms with E-state index in [1.54, 1.807) is 6.92 Å². The first kappa shape index (κ1) is 23.0. The summed E-state index contributed by atoms with van der Waals surface area (Å²) in [6.07, 6.45) is -4.92. The average molecular weight is 498 g/mol. The van der Waals surface area contributed by atoms with Gasteiger partial charge >= 0.3 is 6.11 Å². The molecular formula is C29H35F2NO2Si. The zero-order valence-electron chi connectivity index (χ0n) is 22.7. The third-order valence-corrected chi connectivity index (χ3v) is 11.6. The molecule has 1 aliphatic rings. The number of hydrogen-bond donors (Lipinski definition) is 0. The Morgan fingerprint density at radius 2 is 1.43 bits per heavy atom. The van der Waals surface area contributed by atoms with Crippen LogP contribution in [0.1, 0.15) is 36.0 Å². The van der Waals surface area contributed by atoms with Gasteiger partial charge in [-0.05, 0) is 27.9 Å². The summed E-state index contributed by atoms with van der Waals surface area (Å²) >= 11 is 0. The SMILES string of the molecule is [2H]C1([2H])N(Cc2ccccc2)C(CO[Si](c2ccccc2)(c2ccccc2)C(C)(C)C)[C@H](C)OC1(F)F. The molecule has 2 atom stereocenters. The predicted octanol–water partition coefficient (Wildman–Crippen LogP) is 5.45. The second-order valence-electron chi connectivity index (χ2n) is 10.1. The summed E-state index contributed by atoms with van der Waals surface area (Å²) in [6, 6.07) is 28.5. The van der Waals surface area contributed by atoms with Crippen molar-refractivity contribution in [3.8, 4) is 0 Å². The second-order valence-corrected chi connectivity index (χ2v) is 14.4. The summed E-state index contributed by atoms with van der Waals surface area (Å²) < 4.78 is 58.6. The number of alkyl halides is 2. The minimum absolute atomic E-state index is 0.00586. The van der Waals surface area contributed by atoms with Gasteiger partial charge in [0.05, 0.1) is 28.0 Å². The normalized spacial score (nSPS) is 23.4. The van der Waals surface area contributed by atoms with Gasteiger partial charge in [0.2, 0.25) is 0 Å². The quantitative estimate of drug-likeness (QED) is 0.406. The highest BCUT2D eigenvalue weighted by atomic mass is 28.4. The van der Waals surface area contributed by atoms with E-state index in [-0.39, 0.29) is 18.2 Å². The fourth-order valence-corrected chi connectivity index (χ4v) is 9.55. The number of benzene rings is 3. The smallest absolute Gasteiger partial charge is 0.368 e. The molecular weight excluding hydrogens is 460 g/mol. The molecule has 1 saturated heterocycles. The molecule has 3 nitrogen and oxygen atoms in total. The lowest BCUT2D eigenvalue weighted by Crippen LogP contribution is -2.68. The number of morpholine rings is 1. The average Bonchev–Trinajstić information content (AvgIpc) is 2.85. The molecule has 35 heavy (non-hydrogen) atoms. The molecule has 0 amide bonds. The first-order valence-corrected chi connectivity index (χ1v) is 13.9. The Morgan fingerprint density at radius 3 is 1.91 bits per heavy atom. The van der Waals surface area contributed by atoms with Crippen LogP contribution in [-0.2, 0) is 15.7 Å². The Morgan fingerprint density at radius 1 is 0.943 bits per heavy atom. The zero-order valence-corrected chi connectivity index (χ0v) is 21.7. The molecule has 1 unspecified atom stereocenters. The molecule has 0 N–H and O–H groups in total. The standard InChI is InChI=1S/C29H35F2NO2Si/c1-23-27(32(22-29(30,31)34-23)20-24-14-8-5-9-15-24)21-33-35(28(2,3)4,25-16-10-6-11-17-25)26-18-12-7-13-19-26/h5-19,23,27H,20-22H2,1-4H3/t23-,27?/m0/s1/i22D2. The lowest BCUT2D eigenvalue weighted by Gasteiger charge is -2.47. The van der Waals surface area contributed by atoms with Crippen molar-refractivity contribution in [2.45, 2.75) is 57.5 Å². The van der Waals surface area contributed by atoms with Crippen LogP contribution < -0.4 is 10.4 Å². The summed E-state index contributed by atoms with van der Waals surface area (Å²) in [5.41, 5.74) is 0.742. The molecule has 4 rings (SSSR count). The Balaban J connectivity index is 1.78. The Hall–Kier alpha value is -2.38. The summed E-state index contributed by atoms with van der Waals surface area (Å²) in [4.78, 5) is 1.22. The van der Waals surface area contributed by atoms with Gasteiger partial charge in [0, 0.05) is 6.54 Å². The van der Waals surface area contributed by atoms with E-state index in [1.165, 1.54) is 4.90 Å². The molecule has 0 bridgehead atoms. The Kier molecular flexibility index (Phi) is 6.79. The van der Waals surface area contributed by atoms with Gasteiger partial charge in [-0.1, -0.05) is 112 Å². The monoisotopic (exact) mass is 497 g/mol. The third-order valence-electron chi connectivity index (χ3n) is 6.63. The van der Waals surface area contributed by atoms with Gasteiger partial charge in [0.15, 0.2) is 0 Å². The van der Waals surface area contributed by atoms with Crippen LogP contribution in [0.25, 0.3) is 0 Å². The van der Waals surface area contributed by atoms with E-state index < -0.39 is 33.1 Å². The Labute approximate surface area is 211 Å². The van der Waals surface area contributed by atoms with Gasteiger partial charge in [-0.15, -0.1) is 0 Å². The maximum atomic E-state index is 14.9. The minimum Gasteiger partial charge on any atom is -0.406 e. The van der Waals surface area contributed by atoms with Crippen molar-refractivity contribution in [2.75, 3.05) is 13.1 Å². The van der Waals surface area contributed by atoms with E-state index in [1.807, 2.05) is 66.7 Å². The van der Waals surface area contributed by atoms with Crippen molar-refractivity contribution in [1.29, 1.82) is 0 Å². The maximum Gasteiger partial charge on any atom is 0.368 e. The number of ether oxygens (including phenoxy) is 1. The van der Waals surface area contributed by atoms with Crippen LogP contribution in [0.15, 0.2) is 91.0 Å². The lowest BCUT2D eigenvalue weighted by molar-refractivity contribution is -0.309. The second kappa shape index (κ2) is 10.3. The van der Waals surface area contributed by atoms with Crippen LogP contribution in [-0.4, -0.2) is 44.6 Å². The highest BCUT2D eigenvalue weighted by molar-refractivity contribution is 6.99. The summed E-state index contributed by atoms with van der Waals surface area (Å²) in [5.74, 6) is 0. The molecule has 0 spiro atoms. The van der Waals surface area contributed by atoms with E-state index in [9.17, 15) is 8.78 Å². The van der Waals surface area contributed by atoms with Crippen molar-refractivity contribution in [3.63, 3.8) is 0 Å². The van der Waals surface area contributed by atoms with Crippen molar-refractivity contribution in [2.24, 2.45) is 0 Å². The highest BCUT2D eigenvalue weighted by Crippen LogP contribution is 2.38. The summed E-state index contributed by atoms with van der Waals surface area (Å²) in [7, 11) is -2.96. The third kappa shape index (κ3) is 5.56. The zero-order chi connectivity index (χ0) is 26.9. The van der Waals surface area contributed by atoms with E-state index in [2.05, 4.69) is 45.0 Å². The van der Waals surface area contributed by atoms with Gasteiger partial charge < -0.3 is 9.16 Å². The molecule has 1 fully saturated rings. The molecule has 3 aromatic carbocycles. The van der Waals surface area contributed by atoms with Crippen molar-refractivity contribution >= 4 is 18.7 Å². The summed E-state index contributed by atoms with van der Waals surface area (Å²) in [6.45, 7) is 5.04. The topological polar surface area (TPSA) is 21.7 Å². The molecule has 0 aromatic heterocycles. The fourth-order valence-electron chi connectivity index (χ4n) is 4.98. The molecule has 186 valence electrons. The van der Waals surface area contributed by atoms with E-state index in [0.717, 1.165) is 15.9 Å². The maximum absolute atomic E-state index is 14.9. The predicted molar refractivity (Wildman–Crippen MR) is 140 cm³/mol. The molecule has 0 saturated carbocycles. The summed E-state index contributed by atoms with van der Waals surface area (Å²) in [5, 5.41) is 1.84. The highest BCUT2D eigenvalue weighted by Gasteiger charge is 2.52. The fraction of sp³-hybridized carbons (Fsp3) is 0.379. The van der Waals surface area contributed by atoms with Gasteiger partial charge in [0.25, 0.3) is 8.32 Å². The molecule has 3 aromatic rings. The molecule has 6 heteroatoms. The molecule has 1 aliphatic heterocycles. The number of nitrogens with zero attached hydrogens (tertiary/aromatic N) is 1. The van der Waals surface area contributed by atoms with Crippen LogP contribution in [0.2, 0.25) is 5.04 Å². The molecule has 1 heterocycles. The first-order chi connectivity index (χ1) is 17.4. The molecule has 0 radical (unpaired) electrons. The Bertz CT molecular complexity index is 1120. The number of hydrogen-bond acceptors (Lipinski definition) is 3. The number of rotatable bonds is 7. The van der Waals surface area contributed by atoms with Gasteiger partial charge in [-0.25, -0.2) is 0 Å². The van der Waals surface area contributed by atoms with Crippen LogP contribution >= 0.6 is 0 Å². The van der Waals surface area contributed by atoms with Crippen LogP contribution in [0, 0.1) is 0 Å². The van der Waals surface area contributed by atoms with Crippen molar-refractivity contribution in [1.82, 2.24) is 4.90 Å². The van der Waals surface area contributed by atoms with E-state index >= 15 is 0 Å². The van der Waals surface area contributed by atoms with Crippen LogP contribution in [0.5, 0.6) is 0 Å². The minimum atomic E-state index is -3.96. The van der Waals surface area contributed by atoms with Crippen molar-refractivity contribution < 1.29 is 20.7 Å². The van der Waals surface area contributed by atoms with Crippen LogP contribution in [0.3, 0.4) is 0 Å². The largest absolute Gasteiger partial charge is 0.406 e. The number of halogens is 2. The van der Waals surface area contributed by atoms with E-state index in [4.69, 9.17) is 11.9 Å². The van der Waals surface area contributed by atoms with Gasteiger partial charge in [-0.2, -0.15) is 8.78 Å². The lowest BCUT2D eigenvalue weighted by atomic mass is 10.1. The van der Waals surface area contributed by atoms with Gasteiger partial charge in [0.1, 0.15) is 0 Å².